The number of hydrogen-bond donors (Lipinski definition) is 0. The van der Waals surface area contributed by atoms with E-state index in [-0.39, 0.29) is 12.6 Å². The minimum atomic E-state index is -1.09. The van der Waals surface area contributed by atoms with Crippen LogP contribution in [0.25, 0.3) is 0 Å². The van der Waals surface area contributed by atoms with Crippen molar-refractivity contribution in [3.63, 3.8) is 0 Å². The first-order valence-electron chi connectivity index (χ1n) is 5.97. The second-order valence-corrected chi connectivity index (χ2v) is 5.07. The van der Waals surface area contributed by atoms with Gasteiger partial charge in [-0.1, -0.05) is 32.0 Å². The highest BCUT2D eigenvalue weighted by Gasteiger charge is 2.80. The summed E-state index contributed by atoms with van der Waals surface area (Å²) in [6, 6.07) is -0.158. The fourth-order valence-corrected chi connectivity index (χ4v) is 3.49. The normalized spacial score (nSPS) is 36.9. The van der Waals surface area contributed by atoms with Crippen molar-refractivity contribution in [1.29, 1.82) is 0 Å². The van der Waals surface area contributed by atoms with Crippen molar-refractivity contribution < 1.29 is 19.1 Å². The number of amides is 1. The summed E-state index contributed by atoms with van der Waals surface area (Å²) in [4.78, 5) is 24.5. The number of nitrogens with zero attached hydrogens (tertiary/aromatic N) is 1. The van der Waals surface area contributed by atoms with Gasteiger partial charge in [0.2, 0.25) is 5.06 Å². The van der Waals surface area contributed by atoms with Crippen molar-refractivity contribution >= 4 is 23.7 Å². The van der Waals surface area contributed by atoms with E-state index in [1.165, 1.54) is 0 Å². The molecule has 0 aromatic carbocycles. The smallest absolute Gasteiger partial charge is 0.412 e. The van der Waals surface area contributed by atoms with Crippen molar-refractivity contribution in [3.05, 3.63) is 12.7 Å². The summed E-state index contributed by atoms with van der Waals surface area (Å²) in [6.07, 6.45) is 1.91. The number of ether oxygens (including phenoxy) is 2. The van der Waals surface area contributed by atoms with Gasteiger partial charge in [0, 0.05) is 6.08 Å². The summed E-state index contributed by atoms with van der Waals surface area (Å²) in [5.41, 5.74) is -0.759. The second kappa shape index (κ2) is 4.16. The number of halogens is 1. The lowest BCUT2D eigenvalue weighted by Gasteiger charge is -2.57. The molecule has 6 heteroatoms. The Balaban J connectivity index is 2.22. The molecular formula is C12H16ClNO4. The van der Waals surface area contributed by atoms with Gasteiger partial charge in [0.25, 0.3) is 0 Å². The van der Waals surface area contributed by atoms with Crippen molar-refractivity contribution in [3.8, 4) is 0 Å². The number of rotatable bonds is 5. The van der Waals surface area contributed by atoms with Crippen LogP contribution in [0.2, 0.25) is 0 Å². The van der Waals surface area contributed by atoms with E-state index in [1.54, 1.807) is 4.90 Å². The molecule has 3 aliphatic heterocycles. The fourth-order valence-electron chi connectivity index (χ4n) is 2.89. The van der Waals surface area contributed by atoms with Gasteiger partial charge in [-0.3, -0.25) is 4.90 Å². The number of hydrogen-bond acceptors (Lipinski definition) is 4. The topological polar surface area (TPSA) is 55.8 Å². The number of fused-ring (bicyclic) bond motifs is 1. The molecule has 0 N–H and O–H groups in total. The van der Waals surface area contributed by atoms with E-state index in [1.807, 2.05) is 13.8 Å². The highest BCUT2D eigenvalue weighted by atomic mass is 35.5. The quantitative estimate of drug-likeness (QED) is 0.437. The Labute approximate surface area is 111 Å². The largest absolute Gasteiger partial charge is 0.460 e. The Morgan fingerprint density at radius 2 is 2.33 bits per heavy atom. The number of alkyl halides is 1. The first-order chi connectivity index (χ1) is 8.46. The Morgan fingerprint density at radius 1 is 1.67 bits per heavy atom. The summed E-state index contributed by atoms with van der Waals surface area (Å²) in [5.74, 6) is -0.531. The Morgan fingerprint density at radius 3 is 2.72 bits per heavy atom. The van der Waals surface area contributed by atoms with Crippen LogP contribution in [0.3, 0.4) is 0 Å². The fraction of sp³-hybridized carbons (Fsp3) is 0.667. The number of carbonyl (C=O) groups excluding carboxylic acids is 2. The van der Waals surface area contributed by atoms with Gasteiger partial charge in [0.15, 0.2) is 0 Å². The molecule has 3 heterocycles. The zero-order valence-corrected chi connectivity index (χ0v) is 11.2. The van der Waals surface area contributed by atoms with Crippen LogP contribution in [-0.2, 0) is 14.3 Å². The summed E-state index contributed by atoms with van der Waals surface area (Å²) in [6.45, 7) is 7.18. The minimum Gasteiger partial charge on any atom is -0.460 e. The SMILES string of the molecule is C=CC(=O)OCC1(CC)N2C(=O)OC1(Cl)C2CC. The third-order valence-electron chi connectivity index (χ3n) is 3.86. The molecule has 0 aliphatic carbocycles. The van der Waals surface area contributed by atoms with Gasteiger partial charge < -0.3 is 9.47 Å². The predicted octanol–water partition coefficient (Wildman–Crippen LogP) is 2.04. The van der Waals surface area contributed by atoms with Crippen molar-refractivity contribution in [1.82, 2.24) is 4.90 Å². The van der Waals surface area contributed by atoms with Gasteiger partial charge in [-0.25, -0.2) is 9.59 Å². The van der Waals surface area contributed by atoms with E-state index < -0.39 is 22.7 Å². The molecule has 100 valence electrons. The van der Waals surface area contributed by atoms with Crippen molar-refractivity contribution in [2.24, 2.45) is 0 Å². The van der Waals surface area contributed by atoms with Crippen LogP contribution in [0, 0.1) is 0 Å². The summed E-state index contributed by atoms with van der Waals surface area (Å²) >= 11 is 6.44. The minimum absolute atomic E-state index is 0.0279. The lowest BCUT2D eigenvalue weighted by molar-refractivity contribution is -0.159. The Hall–Kier alpha value is -1.23. The molecule has 3 unspecified atom stereocenters. The lowest BCUT2D eigenvalue weighted by atomic mass is 9.74. The molecule has 0 radical (unpaired) electrons. The second-order valence-electron chi connectivity index (χ2n) is 4.50. The highest BCUT2D eigenvalue weighted by Crippen LogP contribution is 2.60. The van der Waals surface area contributed by atoms with Crippen LogP contribution in [-0.4, -0.2) is 40.2 Å². The van der Waals surface area contributed by atoms with Crippen LogP contribution in [0.15, 0.2) is 12.7 Å². The van der Waals surface area contributed by atoms with E-state index >= 15 is 0 Å². The van der Waals surface area contributed by atoms with Gasteiger partial charge in [0.05, 0.1) is 6.04 Å². The van der Waals surface area contributed by atoms with E-state index in [0.717, 1.165) is 6.08 Å². The first kappa shape index (κ1) is 13.2. The molecule has 0 spiro atoms. The summed E-state index contributed by atoms with van der Waals surface area (Å²) in [7, 11) is 0. The average Bonchev–Trinajstić information content (AvgIpc) is 2.74. The van der Waals surface area contributed by atoms with Crippen molar-refractivity contribution in [2.45, 2.75) is 43.3 Å². The highest BCUT2D eigenvalue weighted by molar-refractivity contribution is 6.27. The molecule has 18 heavy (non-hydrogen) atoms. The maximum atomic E-state index is 11.7. The third-order valence-corrected chi connectivity index (χ3v) is 4.54. The lowest BCUT2D eigenvalue weighted by Crippen LogP contribution is -2.78. The van der Waals surface area contributed by atoms with Crippen molar-refractivity contribution in [2.75, 3.05) is 6.61 Å². The monoisotopic (exact) mass is 273 g/mol. The Bertz CT molecular complexity index is 413. The van der Waals surface area contributed by atoms with E-state index in [2.05, 4.69) is 6.58 Å². The van der Waals surface area contributed by atoms with E-state index in [9.17, 15) is 9.59 Å². The Kier molecular flexibility index (Phi) is 3.05. The summed E-state index contributed by atoms with van der Waals surface area (Å²) in [5, 5.41) is -1.09. The van der Waals surface area contributed by atoms with Crippen LogP contribution in [0.4, 0.5) is 4.79 Å². The molecule has 1 amide bonds. The molecule has 3 fully saturated rings. The van der Waals surface area contributed by atoms with Crippen LogP contribution in [0.1, 0.15) is 26.7 Å². The first-order valence-corrected chi connectivity index (χ1v) is 6.35. The molecule has 0 aromatic heterocycles. The summed E-state index contributed by atoms with van der Waals surface area (Å²) < 4.78 is 10.3. The third kappa shape index (κ3) is 1.34. The molecule has 0 saturated carbocycles. The zero-order chi connectivity index (χ0) is 13.6. The van der Waals surface area contributed by atoms with Gasteiger partial charge in [-0.05, 0) is 12.8 Å². The molecule has 3 atom stereocenters. The molecule has 3 aliphatic rings. The molecule has 3 saturated heterocycles. The number of carbonyl (C=O) groups is 2. The van der Waals surface area contributed by atoms with Crippen LogP contribution in [0.5, 0.6) is 0 Å². The molecule has 5 nitrogen and oxygen atoms in total. The molecular weight excluding hydrogens is 258 g/mol. The average molecular weight is 274 g/mol. The molecule has 3 rings (SSSR count). The molecule has 2 bridgehead atoms. The van der Waals surface area contributed by atoms with Gasteiger partial charge in [-0.15, -0.1) is 0 Å². The maximum Gasteiger partial charge on any atom is 0.412 e. The van der Waals surface area contributed by atoms with Crippen LogP contribution < -0.4 is 0 Å². The van der Waals surface area contributed by atoms with Crippen LogP contribution >= 0.6 is 11.6 Å². The maximum absolute atomic E-state index is 11.7. The van der Waals surface area contributed by atoms with Gasteiger partial charge >= 0.3 is 12.1 Å². The predicted molar refractivity (Wildman–Crippen MR) is 65.2 cm³/mol. The van der Waals surface area contributed by atoms with E-state index in [0.29, 0.717) is 12.8 Å². The van der Waals surface area contributed by atoms with Gasteiger partial charge in [0.1, 0.15) is 12.1 Å². The zero-order valence-electron chi connectivity index (χ0n) is 10.4. The standard InChI is InChI=1S/C12H16ClNO4/c1-4-8-12(13)11(6-3,7-17-9(15)5-2)14(8)10(16)18-12/h5,8H,2,4,6-7H2,1,3H3. The molecule has 0 aromatic rings. The number of esters is 1. The van der Waals surface area contributed by atoms with Gasteiger partial charge in [-0.2, -0.15) is 0 Å². The van der Waals surface area contributed by atoms with E-state index in [4.69, 9.17) is 21.1 Å².